The van der Waals surface area contributed by atoms with E-state index in [9.17, 15) is 0 Å². The van der Waals surface area contributed by atoms with Gasteiger partial charge in [0, 0.05) is 25.5 Å². The van der Waals surface area contributed by atoms with Crippen molar-refractivity contribution in [2.24, 2.45) is 0 Å². The topological polar surface area (TPSA) is 17.0 Å². The lowest BCUT2D eigenvalue weighted by Gasteiger charge is -2.08. The van der Waals surface area contributed by atoms with Crippen molar-refractivity contribution >= 4 is 0 Å². The zero-order valence-corrected chi connectivity index (χ0v) is 9.66. The van der Waals surface area contributed by atoms with Crippen LogP contribution in [0.5, 0.6) is 0 Å². The highest BCUT2D eigenvalue weighted by molar-refractivity contribution is 5.11. The van der Waals surface area contributed by atoms with Crippen molar-refractivity contribution < 1.29 is 0 Å². The standard InChI is InChI=1S/C13H20N2/c1-4-8-15-9-7-12(11-15)10-14-13(5-2)6-3/h2,7,9,11,13-14H,4,6,8,10H2,1,3H3. The molecule has 1 N–H and O–H groups in total. The van der Waals surface area contributed by atoms with Crippen LogP contribution >= 0.6 is 0 Å². The third kappa shape index (κ3) is 3.81. The van der Waals surface area contributed by atoms with Crippen molar-refractivity contribution in [3.63, 3.8) is 0 Å². The zero-order valence-electron chi connectivity index (χ0n) is 9.66. The molecule has 0 bridgehead atoms. The second-order valence-corrected chi connectivity index (χ2v) is 3.77. The van der Waals surface area contributed by atoms with Crippen LogP contribution in [0.4, 0.5) is 0 Å². The number of aromatic nitrogens is 1. The van der Waals surface area contributed by atoms with Crippen molar-refractivity contribution in [2.75, 3.05) is 0 Å². The first kappa shape index (κ1) is 11.9. The summed E-state index contributed by atoms with van der Waals surface area (Å²) in [4.78, 5) is 0. The van der Waals surface area contributed by atoms with E-state index in [1.165, 1.54) is 12.0 Å². The van der Waals surface area contributed by atoms with Crippen LogP contribution in [0.1, 0.15) is 32.3 Å². The minimum absolute atomic E-state index is 0.194. The molecule has 0 aliphatic rings. The Kier molecular flexibility index (Phi) is 5.00. The maximum absolute atomic E-state index is 5.38. The summed E-state index contributed by atoms with van der Waals surface area (Å²) < 4.78 is 2.22. The average Bonchev–Trinajstić information content (AvgIpc) is 2.68. The molecule has 1 aromatic heterocycles. The molecule has 0 aliphatic heterocycles. The predicted molar refractivity (Wildman–Crippen MR) is 64.5 cm³/mol. The molecule has 1 rings (SSSR count). The summed E-state index contributed by atoms with van der Waals surface area (Å²) in [5.74, 6) is 2.74. The van der Waals surface area contributed by atoms with Gasteiger partial charge in [-0.2, -0.15) is 0 Å². The Hall–Kier alpha value is -1.20. The Morgan fingerprint density at radius 1 is 1.53 bits per heavy atom. The minimum atomic E-state index is 0.194. The fourth-order valence-electron chi connectivity index (χ4n) is 1.55. The molecule has 1 atom stereocenters. The maximum Gasteiger partial charge on any atom is 0.0686 e. The molecular formula is C13H20N2. The van der Waals surface area contributed by atoms with Gasteiger partial charge in [0.15, 0.2) is 0 Å². The first-order valence-electron chi connectivity index (χ1n) is 5.64. The Bertz CT molecular complexity index is 320. The molecule has 0 aliphatic carbocycles. The van der Waals surface area contributed by atoms with Crippen LogP contribution in [-0.2, 0) is 13.1 Å². The molecule has 0 saturated heterocycles. The first-order chi connectivity index (χ1) is 7.30. The van der Waals surface area contributed by atoms with Crippen LogP contribution in [0.2, 0.25) is 0 Å². The SMILES string of the molecule is C#CC(CC)NCc1ccn(CCC)c1. The van der Waals surface area contributed by atoms with Crippen LogP contribution in [0, 0.1) is 12.3 Å². The molecule has 1 heterocycles. The third-order valence-electron chi connectivity index (χ3n) is 2.46. The highest BCUT2D eigenvalue weighted by Crippen LogP contribution is 2.03. The van der Waals surface area contributed by atoms with Crippen molar-refractivity contribution in [1.29, 1.82) is 0 Å². The normalized spacial score (nSPS) is 12.3. The van der Waals surface area contributed by atoms with Gasteiger partial charge < -0.3 is 4.57 Å². The van der Waals surface area contributed by atoms with Gasteiger partial charge in [-0.3, -0.25) is 5.32 Å². The van der Waals surface area contributed by atoms with Gasteiger partial charge in [-0.05, 0) is 24.5 Å². The average molecular weight is 204 g/mol. The second-order valence-electron chi connectivity index (χ2n) is 3.77. The lowest BCUT2D eigenvalue weighted by atomic mass is 10.2. The largest absolute Gasteiger partial charge is 0.354 e. The van der Waals surface area contributed by atoms with E-state index in [2.05, 4.69) is 48.1 Å². The molecule has 1 aromatic rings. The summed E-state index contributed by atoms with van der Waals surface area (Å²) in [7, 11) is 0. The van der Waals surface area contributed by atoms with Crippen LogP contribution in [0.3, 0.4) is 0 Å². The zero-order chi connectivity index (χ0) is 11.1. The molecule has 0 radical (unpaired) electrons. The number of hydrogen-bond acceptors (Lipinski definition) is 1. The van der Waals surface area contributed by atoms with Crippen molar-refractivity contribution in [1.82, 2.24) is 9.88 Å². The number of hydrogen-bond donors (Lipinski definition) is 1. The second kappa shape index (κ2) is 6.31. The number of terminal acetylenes is 1. The van der Waals surface area contributed by atoms with E-state index in [1.807, 2.05) is 0 Å². The van der Waals surface area contributed by atoms with E-state index in [4.69, 9.17) is 6.42 Å². The van der Waals surface area contributed by atoms with E-state index in [0.29, 0.717) is 0 Å². The van der Waals surface area contributed by atoms with E-state index < -0.39 is 0 Å². The van der Waals surface area contributed by atoms with Gasteiger partial charge in [0.2, 0.25) is 0 Å². The monoisotopic (exact) mass is 204 g/mol. The summed E-state index contributed by atoms with van der Waals surface area (Å²) in [5, 5.41) is 3.34. The van der Waals surface area contributed by atoms with Crippen LogP contribution in [-0.4, -0.2) is 10.6 Å². The molecule has 0 aromatic carbocycles. The summed E-state index contributed by atoms with van der Waals surface area (Å²) >= 11 is 0. The van der Waals surface area contributed by atoms with Crippen LogP contribution in [0.15, 0.2) is 18.5 Å². The Morgan fingerprint density at radius 2 is 2.33 bits per heavy atom. The molecule has 0 fully saturated rings. The van der Waals surface area contributed by atoms with E-state index in [1.54, 1.807) is 0 Å². The van der Waals surface area contributed by atoms with Gasteiger partial charge in [-0.25, -0.2) is 0 Å². The van der Waals surface area contributed by atoms with Gasteiger partial charge in [0.05, 0.1) is 6.04 Å². The number of nitrogens with one attached hydrogen (secondary N) is 1. The molecule has 0 saturated carbocycles. The summed E-state index contributed by atoms with van der Waals surface area (Å²) in [6, 6.07) is 2.34. The van der Waals surface area contributed by atoms with Gasteiger partial charge in [-0.1, -0.05) is 19.8 Å². The van der Waals surface area contributed by atoms with Crippen LogP contribution in [0.25, 0.3) is 0 Å². The predicted octanol–water partition coefficient (Wildman–Crippen LogP) is 2.40. The first-order valence-corrected chi connectivity index (χ1v) is 5.64. The number of rotatable bonds is 6. The lowest BCUT2D eigenvalue weighted by Crippen LogP contribution is -2.25. The molecule has 1 unspecified atom stereocenters. The fourth-order valence-corrected chi connectivity index (χ4v) is 1.55. The third-order valence-corrected chi connectivity index (χ3v) is 2.46. The van der Waals surface area contributed by atoms with E-state index in [-0.39, 0.29) is 6.04 Å². The Morgan fingerprint density at radius 3 is 2.93 bits per heavy atom. The molecule has 0 spiro atoms. The van der Waals surface area contributed by atoms with Crippen molar-refractivity contribution in [3.05, 3.63) is 24.0 Å². The molecule has 2 nitrogen and oxygen atoms in total. The molecule has 82 valence electrons. The molecule has 2 heteroatoms. The van der Waals surface area contributed by atoms with Crippen LogP contribution < -0.4 is 5.32 Å². The smallest absolute Gasteiger partial charge is 0.0686 e. The summed E-state index contributed by atoms with van der Waals surface area (Å²) in [6.45, 7) is 6.23. The quantitative estimate of drug-likeness (QED) is 0.704. The Labute approximate surface area is 92.7 Å². The summed E-state index contributed by atoms with van der Waals surface area (Å²) in [6.07, 6.45) is 11.8. The minimum Gasteiger partial charge on any atom is -0.354 e. The van der Waals surface area contributed by atoms with Gasteiger partial charge in [-0.15, -0.1) is 6.42 Å². The highest BCUT2D eigenvalue weighted by Gasteiger charge is 2.01. The number of nitrogens with zero attached hydrogens (tertiary/aromatic N) is 1. The van der Waals surface area contributed by atoms with Gasteiger partial charge in [0.1, 0.15) is 0 Å². The molecule has 15 heavy (non-hydrogen) atoms. The fraction of sp³-hybridized carbons (Fsp3) is 0.538. The highest BCUT2D eigenvalue weighted by atomic mass is 14.9. The number of aryl methyl sites for hydroxylation is 1. The Balaban J connectivity index is 2.40. The molecule has 0 amide bonds. The lowest BCUT2D eigenvalue weighted by molar-refractivity contribution is 0.590. The van der Waals surface area contributed by atoms with Crippen molar-refractivity contribution in [3.8, 4) is 12.3 Å². The van der Waals surface area contributed by atoms with Crippen molar-refractivity contribution in [2.45, 2.75) is 45.8 Å². The maximum atomic E-state index is 5.38. The van der Waals surface area contributed by atoms with E-state index in [0.717, 1.165) is 19.5 Å². The summed E-state index contributed by atoms with van der Waals surface area (Å²) in [5.41, 5.74) is 1.30. The van der Waals surface area contributed by atoms with Gasteiger partial charge >= 0.3 is 0 Å². The van der Waals surface area contributed by atoms with E-state index >= 15 is 0 Å². The molecular weight excluding hydrogens is 184 g/mol. The van der Waals surface area contributed by atoms with Gasteiger partial charge in [0.25, 0.3) is 0 Å².